The molecule has 374 valence electrons. The van der Waals surface area contributed by atoms with Crippen molar-refractivity contribution in [3.63, 3.8) is 0 Å². The Labute approximate surface area is 402 Å². The number of esters is 1. The normalized spacial score (nSPS) is 11.4. The van der Waals surface area contributed by atoms with Crippen LogP contribution in [0.2, 0.25) is 15.1 Å². The van der Waals surface area contributed by atoms with Crippen LogP contribution in [0.1, 0.15) is 45.6 Å². The highest BCUT2D eigenvalue weighted by Gasteiger charge is 2.26. The number of hydrogen-bond acceptors (Lipinski definition) is 14. The molecule has 2 aromatic heterocycles. The third-order valence-electron chi connectivity index (χ3n) is 7.90. The van der Waals surface area contributed by atoms with Gasteiger partial charge in [-0.2, -0.15) is 41.0 Å². The van der Waals surface area contributed by atoms with Crippen LogP contribution in [-0.2, 0) is 26.0 Å². The maximum Gasteiger partial charge on any atom is 0.388 e. The van der Waals surface area contributed by atoms with Crippen LogP contribution in [0, 0.1) is 12.7 Å². The van der Waals surface area contributed by atoms with Gasteiger partial charge >= 0.3 is 49.4 Å². The van der Waals surface area contributed by atoms with Crippen molar-refractivity contribution in [2.75, 3.05) is 19.0 Å². The Kier molecular flexibility index (Phi) is 20.6. The standard InChI is InChI=1S/C15H14Cl2F3N3O3.C14H10F4N4O7S.C8H6Cl2O3/c1-3-26-13(24)10(17)4-8-5-12(11(18)6-9(8)16)23-15(25)22(14(19)20)7(2)21-23;15-11(16)28-8-5-9(29-12(17)18)20-13(19-8)21-14(25)22-30(26,27)7-4-2-1-3-6(7)10(23)24;1-13-7-5(10)3-2-4(9)6(7)8(11)12/h5-6,10,14H,3-4H2,1-2H3;1-5,11-12H,(H,23,24)(H2,19,20,21,22,25);2-3H,1H3,(H,11,12). The van der Waals surface area contributed by atoms with E-state index in [0.29, 0.717) is 10.7 Å². The van der Waals surface area contributed by atoms with Crippen molar-refractivity contribution < 1.29 is 87.5 Å². The van der Waals surface area contributed by atoms with Crippen molar-refractivity contribution in [3.8, 4) is 23.2 Å². The molecular weight excluding hydrogens is 1060 g/mol. The number of nitrogens with one attached hydrogen (secondary N) is 2. The lowest BCUT2D eigenvalue weighted by Crippen LogP contribution is -2.35. The molecule has 5 aromatic rings. The number of carboxylic acid groups (broad SMARTS) is 2. The molecule has 69 heavy (non-hydrogen) atoms. The average molecular weight is 1090 g/mol. The summed E-state index contributed by atoms with van der Waals surface area (Å²) >= 11 is 23.3. The molecule has 0 aliphatic carbocycles. The molecule has 0 aliphatic rings. The van der Waals surface area contributed by atoms with Crippen molar-refractivity contribution in [2.24, 2.45) is 0 Å². The SMILES string of the molecule is CCOC(=O)C(Cl)Cc1cc(-n2nc(C)n(C(F)F)c2=O)c(F)cc1Cl.COc1c(Cl)ccc(Cl)c1C(=O)O.O=C(Nc1nc(OC(F)F)cc(OC(F)F)n1)NS(=O)(=O)c1ccccc1C(=O)O. The molecule has 0 spiro atoms. The number of rotatable bonds is 16. The Morgan fingerprint density at radius 2 is 1.43 bits per heavy atom. The maximum absolute atomic E-state index is 14.2. The smallest absolute Gasteiger partial charge is 0.388 e. The van der Waals surface area contributed by atoms with Gasteiger partial charge in [-0.3, -0.25) is 10.1 Å². The summed E-state index contributed by atoms with van der Waals surface area (Å²) in [6.07, 6.45) is -0.115. The number of nitrogens with zero attached hydrogens (tertiary/aromatic N) is 5. The fourth-order valence-electron chi connectivity index (χ4n) is 5.14. The first-order chi connectivity index (χ1) is 32.2. The molecule has 1 atom stereocenters. The zero-order valence-corrected chi connectivity index (χ0v) is 38.4. The van der Waals surface area contributed by atoms with E-state index in [1.807, 2.05) is 0 Å². The summed E-state index contributed by atoms with van der Waals surface area (Å²) in [5.74, 6) is -7.45. The number of carbonyl (C=O) groups is 4. The molecule has 0 saturated carbocycles. The Hall–Kier alpha value is -6.62. The molecular formula is C37H30Cl4F7N7O13S. The number of hydrogen-bond donors (Lipinski definition) is 4. The van der Waals surface area contributed by atoms with E-state index in [4.69, 9.17) is 66.1 Å². The van der Waals surface area contributed by atoms with Crippen molar-refractivity contribution in [2.45, 2.75) is 50.3 Å². The second-order valence-electron chi connectivity index (χ2n) is 12.4. The third-order valence-corrected chi connectivity index (χ3v) is 10.6. The number of methoxy groups -OCH3 is 1. The number of ether oxygens (including phenoxy) is 4. The number of sulfonamides is 1. The highest BCUT2D eigenvalue weighted by molar-refractivity contribution is 7.90. The zero-order chi connectivity index (χ0) is 52.1. The lowest BCUT2D eigenvalue weighted by atomic mass is 10.1. The first kappa shape index (κ1) is 56.7. The number of anilines is 1. The minimum absolute atomic E-state index is 0.0424. The van der Waals surface area contributed by atoms with Gasteiger partial charge in [-0.15, -0.1) is 16.7 Å². The van der Waals surface area contributed by atoms with E-state index in [-0.39, 0.29) is 61.1 Å². The van der Waals surface area contributed by atoms with Crippen molar-refractivity contribution in [1.29, 1.82) is 0 Å². The van der Waals surface area contributed by atoms with E-state index in [0.717, 1.165) is 24.3 Å². The molecule has 0 fully saturated rings. The van der Waals surface area contributed by atoms with E-state index >= 15 is 0 Å². The van der Waals surface area contributed by atoms with E-state index in [1.54, 1.807) is 12.2 Å². The lowest BCUT2D eigenvalue weighted by Gasteiger charge is -2.12. The van der Waals surface area contributed by atoms with Crippen molar-refractivity contribution in [3.05, 3.63) is 108 Å². The molecule has 0 saturated heterocycles. The summed E-state index contributed by atoms with van der Waals surface area (Å²) in [6, 6.07) is 8.15. The van der Waals surface area contributed by atoms with Gasteiger partial charge in [-0.1, -0.05) is 46.9 Å². The minimum Gasteiger partial charge on any atom is -0.494 e. The number of carboxylic acids is 2. The summed E-state index contributed by atoms with van der Waals surface area (Å²) in [5, 5.41) is 22.4. The number of alkyl halides is 7. The molecule has 0 aliphatic heterocycles. The third kappa shape index (κ3) is 15.7. The van der Waals surface area contributed by atoms with Crippen LogP contribution in [-0.4, -0.2) is 99.2 Å². The van der Waals surface area contributed by atoms with E-state index in [2.05, 4.69) is 24.5 Å². The van der Waals surface area contributed by atoms with Crippen molar-refractivity contribution in [1.82, 2.24) is 29.0 Å². The molecule has 3 aromatic carbocycles. The summed E-state index contributed by atoms with van der Waals surface area (Å²) in [4.78, 5) is 63.3. The van der Waals surface area contributed by atoms with Crippen LogP contribution in [0.4, 0.5) is 41.5 Å². The Bertz CT molecular complexity index is 2840. The summed E-state index contributed by atoms with van der Waals surface area (Å²) in [6.45, 7) is -7.01. The van der Waals surface area contributed by atoms with Gasteiger partial charge in [0.2, 0.25) is 17.7 Å². The highest BCUT2D eigenvalue weighted by Crippen LogP contribution is 2.33. The number of aromatic nitrogens is 5. The van der Waals surface area contributed by atoms with Crippen LogP contribution in [0.15, 0.2) is 64.3 Å². The minimum atomic E-state index is -4.71. The summed E-state index contributed by atoms with van der Waals surface area (Å²) in [5.41, 5.74) is -2.12. The second-order valence-corrected chi connectivity index (χ2v) is 15.8. The van der Waals surface area contributed by atoms with Gasteiger partial charge in [0.05, 0.1) is 35.4 Å². The summed E-state index contributed by atoms with van der Waals surface area (Å²) in [7, 11) is -3.38. The largest absolute Gasteiger partial charge is 0.494 e. The van der Waals surface area contributed by atoms with Gasteiger partial charge in [0, 0.05) is 11.4 Å². The predicted octanol–water partition coefficient (Wildman–Crippen LogP) is 7.83. The zero-order valence-electron chi connectivity index (χ0n) is 34.6. The van der Waals surface area contributed by atoms with Gasteiger partial charge in [0.15, 0.2) is 11.6 Å². The summed E-state index contributed by atoms with van der Waals surface area (Å²) < 4.78 is 133. The molecule has 20 nitrogen and oxygen atoms in total. The quantitative estimate of drug-likeness (QED) is 0.0416. The molecule has 32 heteroatoms. The molecule has 4 N–H and O–H groups in total. The van der Waals surface area contributed by atoms with E-state index < -0.39 is 98.8 Å². The fraction of sp³-hybridized carbons (Fsp3) is 0.243. The van der Waals surface area contributed by atoms with Crippen LogP contribution in [0.3, 0.4) is 0 Å². The number of urea groups is 1. The van der Waals surface area contributed by atoms with Gasteiger partial charge in [0.25, 0.3) is 10.0 Å². The molecule has 2 amide bonds. The lowest BCUT2D eigenvalue weighted by molar-refractivity contribution is -0.142. The van der Waals surface area contributed by atoms with Crippen LogP contribution >= 0.6 is 46.4 Å². The first-order valence-corrected chi connectivity index (χ1v) is 21.2. The van der Waals surface area contributed by atoms with Crippen LogP contribution in [0.5, 0.6) is 17.5 Å². The van der Waals surface area contributed by atoms with Gasteiger partial charge in [-0.05, 0) is 55.8 Å². The number of halogens is 11. The molecule has 0 radical (unpaired) electrons. The number of aryl methyl sites for hydroxylation is 1. The number of aromatic carboxylic acids is 2. The predicted molar refractivity (Wildman–Crippen MR) is 227 cm³/mol. The first-order valence-electron chi connectivity index (χ1n) is 18.2. The number of amides is 2. The Morgan fingerprint density at radius 3 is 1.93 bits per heavy atom. The average Bonchev–Trinajstić information content (AvgIpc) is 3.54. The van der Waals surface area contributed by atoms with Crippen LogP contribution in [0.25, 0.3) is 5.69 Å². The van der Waals surface area contributed by atoms with Gasteiger partial charge < -0.3 is 29.2 Å². The Balaban J connectivity index is 0.000000294. The Morgan fingerprint density at radius 1 is 0.855 bits per heavy atom. The van der Waals surface area contributed by atoms with E-state index in [1.165, 1.54) is 43.0 Å². The number of carbonyl (C=O) groups excluding carboxylic acids is 2. The van der Waals surface area contributed by atoms with E-state index in [9.17, 15) is 63.1 Å². The monoisotopic (exact) mass is 1090 g/mol. The van der Waals surface area contributed by atoms with Crippen LogP contribution < -0.4 is 29.9 Å². The van der Waals surface area contributed by atoms with Gasteiger partial charge in [0.1, 0.15) is 27.3 Å². The van der Waals surface area contributed by atoms with Crippen molar-refractivity contribution >= 4 is 86.3 Å². The van der Waals surface area contributed by atoms with Gasteiger partial charge in [-0.25, -0.2) is 41.3 Å². The second kappa shape index (κ2) is 25.1. The fourth-order valence-corrected chi connectivity index (χ4v) is 7.17. The number of benzene rings is 3. The molecule has 2 heterocycles. The maximum atomic E-state index is 14.2. The molecule has 5 rings (SSSR count). The topological polar surface area (TPSA) is 269 Å². The molecule has 0 bridgehead atoms. The highest BCUT2D eigenvalue weighted by atomic mass is 35.5. The molecule has 1 unspecified atom stereocenters.